The van der Waals surface area contributed by atoms with Crippen molar-refractivity contribution in [1.82, 2.24) is 4.90 Å². The third-order valence-corrected chi connectivity index (χ3v) is 5.33. The van der Waals surface area contributed by atoms with Gasteiger partial charge in [-0.3, -0.25) is 4.79 Å². The number of hydrogen-bond acceptors (Lipinski definition) is 3. The molecule has 1 aliphatic rings. The highest BCUT2D eigenvalue weighted by Crippen LogP contribution is 2.30. The van der Waals surface area contributed by atoms with Gasteiger partial charge in [0.2, 0.25) is 5.91 Å². The first kappa shape index (κ1) is 15.7. The van der Waals surface area contributed by atoms with E-state index in [9.17, 15) is 4.79 Å². The summed E-state index contributed by atoms with van der Waals surface area (Å²) in [6, 6.07) is 7.73. The molecule has 1 atom stereocenters. The first-order valence-electron chi connectivity index (χ1n) is 6.89. The lowest BCUT2D eigenvalue weighted by Crippen LogP contribution is -2.34. The second-order valence-corrected chi connectivity index (χ2v) is 7.15. The summed E-state index contributed by atoms with van der Waals surface area (Å²) in [5, 5.41) is 0.752. The summed E-state index contributed by atoms with van der Waals surface area (Å²) >= 11 is 7.73. The Balaban J connectivity index is 1.78. The van der Waals surface area contributed by atoms with Crippen LogP contribution < -0.4 is 5.73 Å². The normalized spacial score (nSPS) is 22.2. The second kappa shape index (κ2) is 6.83. The van der Waals surface area contributed by atoms with Gasteiger partial charge in [0.15, 0.2) is 0 Å². The van der Waals surface area contributed by atoms with Gasteiger partial charge in [0.1, 0.15) is 0 Å². The summed E-state index contributed by atoms with van der Waals surface area (Å²) in [7, 11) is 0. The van der Waals surface area contributed by atoms with Gasteiger partial charge in [-0.1, -0.05) is 30.7 Å². The van der Waals surface area contributed by atoms with Crippen LogP contribution in [0.4, 0.5) is 0 Å². The van der Waals surface area contributed by atoms with Crippen molar-refractivity contribution < 1.29 is 4.79 Å². The minimum absolute atomic E-state index is 0.103. The molecule has 0 saturated carbocycles. The van der Waals surface area contributed by atoms with Crippen LogP contribution in [0.1, 0.15) is 19.8 Å². The van der Waals surface area contributed by atoms with Crippen molar-refractivity contribution in [3.63, 3.8) is 0 Å². The van der Waals surface area contributed by atoms with Crippen molar-refractivity contribution in [3.05, 3.63) is 29.3 Å². The first-order chi connectivity index (χ1) is 9.54. The highest BCUT2D eigenvalue weighted by atomic mass is 35.5. The number of nitrogens with two attached hydrogens (primary N) is 1. The zero-order valence-corrected chi connectivity index (χ0v) is 13.3. The lowest BCUT2D eigenvalue weighted by molar-refractivity contribution is -0.130. The fraction of sp³-hybridized carbons (Fsp3) is 0.533. The van der Waals surface area contributed by atoms with Crippen molar-refractivity contribution in [1.29, 1.82) is 0 Å². The van der Waals surface area contributed by atoms with Crippen LogP contribution >= 0.6 is 23.4 Å². The maximum atomic E-state index is 12.2. The Bertz CT molecular complexity index is 483. The van der Waals surface area contributed by atoms with Crippen molar-refractivity contribution >= 4 is 29.3 Å². The predicted molar refractivity (Wildman–Crippen MR) is 85.2 cm³/mol. The van der Waals surface area contributed by atoms with Crippen molar-refractivity contribution in [3.8, 4) is 0 Å². The Labute approximate surface area is 129 Å². The number of rotatable bonds is 5. The standard InChI is InChI=1S/C15H21ClN2OS/c1-15(10-17)7-8-18(11-15)14(19)6-9-20-13-5-3-2-4-12(13)16/h2-5H,6-11,17H2,1H3. The zero-order valence-electron chi connectivity index (χ0n) is 11.8. The molecule has 110 valence electrons. The van der Waals surface area contributed by atoms with Gasteiger partial charge >= 0.3 is 0 Å². The molecular weight excluding hydrogens is 292 g/mol. The van der Waals surface area contributed by atoms with Gasteiger partial charge in [0.25, 0.3) is 0 Å². The molecule has 1 aliphatic heterocycles. The Morgan fingerprint density at radius 1 is 1.50 bits per heavy atom. The number of amides is 1. The van der Waals surface area contributed by atoms with E-state index in [1.54, 1.807) is 11.8 Å². The largest absolute Gasteiger partial charge is 0.342 e. The lowest BCUT2D eigenvalue weighted by Gasteiger charge is -2.22. The lowest BCUT2D eigenvalue weighted by atomic mass is 9.90. The Morgan fingerprint density at radius 3 is 2.90 bits per heavy atom. The molecule has 1 aromatic rings. The third kappa shape index (κ3) is 3.90. The van der Waals surface area contributed by atoms with E-state index in [1.807, 2.05) is 29.2 Å². The summed E-state index contributed by atoms with van der Waals surface area (Å²) in [6.07, 6.45) is 1.56. The molecule has 3 nitrogen and oxygen atoms in total. The molecule has 2 N–H and O–H groups in total. The Morgan fingerprint density at radius 2 is 2.25 bits per heavy atom. The topological polar surface area (TPSA) is 46.3 Å². The van der Waals surface area contributed by atoms with Crippen LogP contribution in [-0.4, -0.2) is 36.2 Å². The van der Waals surface area contributed by atoms with Gasteiger partial charge in [-0.25, -0.2) is 0 Å². The summed E-state index contributed by atoms with van der Waals surface area (Å²) in [6.45, 7) is 4.42. The van der Waals surface area contributed by atoms with Crippen LogP contribution in [0.25, 0.3) is 0 Å². The van der Waals surface area contributed by atoms with E-state index in [-0.39, 0.29) is 11.3 Å². The highest BCUT2D eigenvalue weighted by Gasteiger charge is 2.34. The first-order valence-corrected chi connectivity index (χ1v) is 8.26. The quantitative estimate of drug-likeness (QED) is 0.850. The van der Waals surface area contributed by atoms with Crippen LogP contribution in [0.5, 0.6) is 0 Å². The van der Waals surface area contributed by atoms with Crippen molar-refractivity contribution in [2.24, 2.45) is 11.1 Å². The minimum atomic E-state index is 0.103. The van der Waals surface area contributed by atoms with E-state index in [0.717, 1.165) is 35.2 Å². The van der Waals surface area contributed by atoms with Gasteiger partial charge in [0, 0.05) is 30.2 Å². The molecule has 1 saturated heterocycles. The summed E-state index contributed by atoms with van der Waals surface area (Å²) in [5.74, 6) is 0.986. The van der Waals surface area contributed by atoms with Gasteiger partial charge in [-0.15, -0.1) is 11.8 Å². The van der Waals surface area contributed by atoms with E-state index in [2.05, 4.69) is 6.92 Å². The Kier molecular flexibility index (Phi) is 5.35. The monoisotopic (exact) mass is 312 g/mol. The molecule has 1 heterocycles. The molecule has 1 fully saturated rings. The number of benzene rings is 1. The summed E-state index contributed by atoms with van der Waals surface area (Å²) in [5.41, 5.74) is 5.87. The van der Waals surface area contributed by atoms with E-state index in [0.29, 0.717) is 13.0 Å². The molecule has 0 aliphatic carbocycles. The van der Waals surface area contributed by atoms with Gasteiger partial charge in [-0.05, 0) is 30.5 Å². The highest BCUT2D eigenvalue weighted by molar-refractivity contribution is 7.99. The number of carbonyl (C=O) groups excluding carboxylic acids is 1. The van der Waals surface area contributed by atoms with Crippen LogP contribution in [-0.2, 0) is 4.79 Å². The third-order valence-electron chi connectivity index (χ3n) is 3.81. The average molecular weight is 313 g/mol. The van der Waals surface area contributed by atoms with Crippen LogP contribution in [0.3, 0.4) is 0 Å². The van der Waals surface area contributed by atoms with E-state index in [1.165, 1.54) is 0 Å². The Hall–Kier alpha value is -0.710. The van der Waals surface area contributed by atoms with Crippen molar-refractivity contribution in [2.45, 2.75) is 24.7 Å². The molecule has 0 radical (unpaired) electrons. The van der Waals surface area contributed by atoms with Gasteiger partial charge in [-0.2, -0.15) is 0 Å². The molecule has 1 unspecified atom stereocenters. The maximum Gasteiger partial charge on any atom is 0.223 e. The van der Waals surface area contributed by atoms with E-state index in [4.69, 9.17) is 17.3 Å². The number of hydrogen-bond donors (Lipinski definition) is 1. The number of thioether (sulfide) groups is 1. The van der Waals surface area contributed by atoms with Gasteiger partial charge in [0.05, 0.1) is 5.02 Å². The van der Waals surface area contributed by atoms with Crippen LogP contribution in [0, 0.1) is 5.41 Å². The zero-order chi connectivity index (χ0) is 14.6. The summed E-state index contributed by atoms with van der Waals surface area (Å²) < 4.78 is 0. The number of nitrogens with zero attached hydrogens (tertiary/aromatic N) is 1. The molecule has 0 spiro atoms. The molecule has 20 heavy (non-hydrogen) atoms. The molecule has 5 heteroatoms. The predicted octanol–water partition coefficient (Wildman–Crippen LogP) is 3.02. The van der Waals surface area contributed by atoms with Crippen LogP contribution in [0.15, 0.2) is 29.2 Å². The van der Waals surface area contributed by atoms with Crippen molar-refractivity contribution in [2.75, 3.05) is 25.4 Å². The fourth-order valence-electron chi connectivity index (χ4n) is 2.37. The molecule has 0 bridgehead atoms. The maximum absolute atomic E-state index is 12.2. The molecule has 0 aromatic heterocycles. The number of likely N-dealkylation sites (tertiary alicyclic amines) is 1. The molecular formula is C15H21ClN2OS. The SMILES string of the molecule is CC1(CN)CCN(C(=O)CCSc2ccccc2Cl)C1. The van der Waals surface area contributed by atoms with E-state index < -0.39 is 0 Å². The summed E-state index contributed by atoms with van der Waals surface area (Å²) in [4.78, 5) is 15.1. The molecule has 2 rings (SSSR count). The average Bonchev–Trinajstić information content (AvgIpc) is 2.84. The number of carbonyl (C=O) groups is 1. The fourth-order valence-corrected chi connectivity index (χ4v) is 3.55. The second-order valence-electron chi connectivity index (χ2n) is 5.61. The molecule has 1 aromatic carbocycles. The van der Waals surface area contributed by atoms with Gasteiger partial charge < -0.3 is 10.6 Å². The van der Waals surface area contributed by atoms with Crippen LogP contribution in [0.2, 0.25) is 5.02 Å². The number of halogens is 1. The smallest absolute Gasteiger partial charge is 0.223 e. The minimum Gasteiger partial charge on any atom is -0.342 e. The van der Waals surface area contributed by atoms with E-state index >= 15 is 0 Å². The molecule has 1 amide bonds.